The quantitative estimate of drug-likeness (QED) is 0.686. The van der Waals surface area contributed by atoms with Gasteiger partial charge in [0.25, 0.3) is 0 Å². The van der Waals surface area contributed by atoms with E-state index in [0.29, 0.717) is 25.0 Å². The fourth-order valence-corrected chi connectivity index (χ4v) is 5.10. The number of nitrogens with one attached hydrogen (secondary N) is 1. The second kappa shape index (κ2) is 11.0. The van der Waals surface area contributed by atoms with Crippen molar-refractivity contribution in [2.24, 2.45) is 0 Å². The van der Waals surface area contributed by atoms with E-state index in [-0.39, 0.29) is 5.91 Å². The Kier molecular flexibility index (Phi) is 7.86. The van der Waals surface area contributed by atoms with E-state index in [9.17, 15) is 4.79 Å². The van der Waals surface area contributed by atoms with Crippen molar-refractivity contribution in [2.75, 3.05) is 37.0 Å². The lowest BCUT2D eigenvalue weighted by atomic mass is 9.97. The van der Waals surface area contributed by atoms with Gasteiger partial charge in [-0.2, -0.15) is 0 Å². The van der Waals surface area contributed by atoms with Crippen LogP contribution in [-0.4, -0.2) is 58.8 Å². The van der Waals surface area contributed by atoms with Gasteiger partial charge in [0.15, 0.2) is 5.16 Å². The molecule has 2 fully saturated rings. The van der Waals surface area contributed by atoms with E-state index in [1.165, 1.54) is 43.9 Å². The van der Waals surface area contributed by atoms with Gasteiger partial charge in [-0.25, -0.2) is 0 Å². The molecular weight excluding hydrogens is 410 g/mol. The van der Waals surface area contributed by atoms with Crippen molar-refractivity contribution in [2.45, 2.75) is 63.1 Å². The number of aryl methyl sites for hydroxylation is 1. The van der Waals surface area contributed by atoms with Crippen LogP contribution in [0.1, 0.15) is 50.5 Å². The molecule has 1 N–H and O–H groups in total. The summed E-state index contributed by atoms with van der Waals surface area (Å²) in [6, 6.07) is 8.55. The first-order valence-electron chi connectivity index (χ1n) is 11.5. The molecule has 1 aromatic carbocycles. The van der Waals surface area contributed by atoms with Gasteiger partial charge in [0, 0.05) is 19.1 Å². The van der Waals surface area contributed by atoms with Gasteiger partial charge >= 0.3 is 0 Å². The van der Waals surface area contributed by atoms with Crippen LogP contribution in [0.5, 0.6) is 0 Å². The fourth-order valence-electron chi connectivity index (χ4n) is 4.35. The third-order valence-electron chi connectivity index (χ3n) is 6.07. The molecule has 1 aromatic heterocycles. The van der Waals surface area contributed by atoms with Crippen LogP contribution in [0.15, 0.2) is 29.4 Å². The molecule has 0 bridgehead atoms. The van der Waals surface area contributed by atoms with Crippen LogP contribution < -0.4 is 10.2 Å². The zero-order chi connectivity index (χ0) is 21.5. The van der Waals surface area contributed by atoms with Crippen molar-refractivity contribution in [3.63, 3.8) is 0 Å². The smallest absolute Gasteiger partial charge is 0.232 e. The van der Waals surface area contributed by atoms with Crippen LogP contribution in [0.3, 0.4) is 0 Å². The van der Waals surface area contributed by atoms with E-state index in [1.807, 2.05) is 12.1 Å². The number of para-hydroxylation sites is 1. The number of hydrogen-bond donors (Lipinski definition) is 1. The second-order valence-corrected chi connectivity index (χ2v) is 9.34. The van der Waals surface area contributed by atoms with Crippen molar-refractivity contribution < 1.29 is 9.53 Å². The molecule has 0 radical (unpaired) electrons. The molecule has 1 aliphatic carbocycles. The summed E-state index contributed by atoms with van der Waals surface area (Å²) in [7, 11) is 0. The van der Waals surface area contributed by atoms with Gasteiger partial charge in [0.05, 0.1) is 24.7 Å². The maximum atomic E-state index is 12.7. The molecule has 0 unspecified atom stereocenters. The first-order chi connectivity index (χ1) is 15.2. The molecule has 1 amide bonds. The molecule has 0 atom stereocenters. The summed E-state index contributed by atoms with van der Waals surface area (Å²) in [5, 5.41) is 13.0. The number of nitrogens with zero attached hydrogens (tertiary/aromatic N) is 4. The molecule has 1 saturated carbocycles. The van der Waals surface area contributed by atoms with Crippen LogP contribution in [-0.2, 0) is 9.53 Å². The van der Waals surface area contributed by atoms with Gasteiger partial charge in [0.1, 0.15) is 0 Å². The highest BCUT2D eigenvalue weighted by Gasteiger charge is 2.23. The van der Waals surface area contributed by atoms with Gasteiger partial charge < -0.3 is 15.0 Å². The molecular formula is C23H33N5O2S. The Morgan fingerprint density at radius 2 is 1.81 bits per heavy atom. The van der Waals surface area contributed by atoms with Crippen LogP contribution in [0.2, 0.25) is 0 Å². The van der Waals surface area contributed by atoms with Gasteiger partial charge in [-0.1, -0.05) is 62.1 Å². The Morgan fingerprint density at radius 1 is 1.10 bits per heavy atom. The summed E-state index contributed by atoms with van der Waals surface area (Å²) in [5.41, 5.74) is 2.20. The van der Waals surface area contributed by atoms with E-state index >= 15 is 0 Å². The largest absolute Gasteiger partial charge is 0.378 e. The van der Waals surface area contributed by atoms with Crippen molar-refractivity contribution in [3.8, 4) is 5.69 Å². The van der Waals surface area contributed by atoms with Crippen LogP contribution in [0.25, 0.3) is 5.69 Å². The average Bonchev–Trinajstić information content (AvgIpc) is 3.19. The Bertz CT molecular complexity index is 857. The van der Waals surface area contributed by atoms with Gasteiger partial charge in [0.2, 0.25) is 11.9 Å². The number of hydrogen-bond acceptors (Lipinski definition) is 6. The molecule has 2 heterocycles. The topological polar surface area (TPSA) is 72.3 Å². The zero-order valence-corrected chi connectivity index (χ0v) is 19.2. The number of anilines is 1. The van der Waals surface area contributed by atoms with Crippen LogP contribution in [0, 0.1) is 6.92 Å². The maximum Gasteiger partial charge on any atom is 0.232 e. The standard InChI is InChI=1S/C23H33N5O2S/c1-18-9-7-8-12-20(18)28-22(27-13-15-30-16-14-27)25-26-23(28)31-17-21(29)24-19-10-5-3-2-4-6-11-19/h7-9,12,19H,2-6,10-11,13-17H2,1H3,(H,24,29). The molecule has 1 aliphatic heterocycles. The second-order valence-electron chi connectivity index (χ2n) is 8.40. The van der Waals surface area contributed by atoms with E-state index in [2.05, 4.69) is 44.0 Å². The number of morpholine rings is 1. The highest BCUT2D eigenvalue weighted by Crippen LogP contribution is 2.29. The molecule has 2 aliphatic rings. The summed E-state index contributed by atoms with van der Waals surface area (Å²) in [6.45, 7) is 5.04. The van der Waals surface area contributed by atoms with E-state index < -0.39 is 0 Å². The number of ether oxygens (including phenoxy) is 1. The van der Waals surface area contributed by atoms with Gasteiger partial charge in [-0.05, 0) is 31.4 Å². The lowest BCUT2D eigenvalue weighted by molar-refractivity contribution is -0.119. The Hall–Kier alpha value is -2.06. The molecule has 2 aromatic rings. The average molecular weight is 444 g/mol. The molecule has 1 saturated heterocycles. The molecule has 168 valence electrons. The molecule has 8 heteroatoms. The minimum absolute atomic E-state index is 0.0860. The normalized spacial score (nSPS) is 18.4. The van der Waals surface area contributed by atoms with Gasteiger partial charge in [-0.15, -0.1) is 10.2 Å². The molecule has 0 spiro atoms. The van der Waals surface area contributed by atoms with E-state index in [4.69, 9.17) is 4.74 Å². The molecule has 4 rings (SSSR count). The molecule has 31 heavy (non-hydrogen) atoms. The van der Waals surface area contributed by atoms with Crippen LogP contribution >= 0.6 is 11.8 Å². The predicted octanol–water partition coefficient (Wildman–Crippen LogP) is 3.73. The Labute approximate surface area is 188 Å². The first kappa shape index (κ1) is 22.1. The highest BCUT2D eigenvalue weighted by molar-refractivity contribution is 7.99. The minimum Gasteiger partial charge on any atom is -0.378 e. The van der Waals surface area contributed by atoms with Crippen molar-refractivity contribution >= 4 is 23.6 Å². The Balaban J connectivity index is 1.48. The van der Waals surface area contributed by atoms with Gasteiger partial charge in [-0.3, -0.25) is 9.36 Å². The number of carbonyl (C=O) groups excluding carboxylic acids is 1. The summed E-state index contributed by atoms with van der Waals surface area (Å²) < 4.78 is 7.60. The summed E-state index contributed by atoms with van der Waals surface area (Å²) in [5.74, 6) is 1.26. The predicted molar refractivity (Wildman–Crippen MR) is 124 cm³/mol. The fraction of sp³-hybridized carbons (Fsp3) is 0.609. The number of carbonyl (C=O) groups is 1. The number of thioether (sulfide) groups is 1. The number of benzene rings is 1. The van der Waals surface area contributed by atoms with Crippen molar-refractivity contribution in [1.29, 1.82) is 0 Å². The first-order valence-corrected chi connectivity index (χ1v) is 12.5. The maximum absolute atomic E-state index is 12.7. The lowest BCUT2D eigenvalue weighted by Crippen LogP contribution is -2.38. The van der Waals surface area contributed by atoms with E-state index in [1.54, 1.807) is 0 Å². The van der Waals surface area contributed by atoms with Crippen molar-refractivity contribution in [1.82, 2.24) is 20.1 Å². The van der Waals surface area contributed by atoms with E-state index in [0.717, 1.165) is 48.3 Å². The molecule has 7 nitrogen and oxygen atoms in total. The third-order valence-corrected chi connectivity index (χ3v) is 7.00. The Morgan fingerprint density at radius 3 is 2.55 bits per heavy atom. The lowest BCUT2D eigenvalue weighted by Gasteiger charge is -2.28. The summed E-state index contributed by atoms with van der Waals surface area (Å²) >= 11 is 1.46. The third kappa shape index (κ3) is 5.80. The highest BCUT2D eigenvalue weighted by atomic mass is 32.2. The van der Waals surface area contributed by atoms with Crippen LogP contribution in [0.4, 0.5) is 5.95 Å². The monoisotopic (exact) mass is 443 g/mol. The SMILES string of the molecule is Cc1ccccc1-n1c(SCC(=O)NC2CCCCCCC2)nnc1N1CCOCC1. The van der Waals surface area contributed by atoms with Crippen molar-refractivity contribution in [3.05, 3.63) is 29.8 Å². The zero-order valence-electron chi connectivity index (χ0n) is 18.4. The summed E-state index contributed by atoms with van der Waals surface area (Å²) in [6.07, 6.45) is 8.51. The number of rotatable bonds is 6. The summed E-state index contributed by atoms with van der Waals surface area (Å²) in [4.78, 5) is 14.9. The number of aromatic nitrogens is 3. The number of amides is 1. The minimum atomic E-state index is 0.0860.